The van der Waals surface area contributed by atoms with Crippen LogP contribution in [0.5, 0.6) is 0 Å². The maximum absolute atomic E-state index is 4.56. The summed E-state index contributed by atoms with van der Waals surface area (Å²) in [6.07, 6.45) is 15.0. The normalized spacial score (nSPS) is 18.8. The summed E-state index contributed by atoms with van der Waals surface area (Å²) in [5.74, 6) is 1.27. The van der Waals surface area contributed by atoms with Gasteiger partial charge in [0.1, 0.15) is 0 Å². The van der Waals surface area contributed by atoms with Crippen LogP contribution in [-0.4, -0.2) is 18.4 Å². The molecule has 0 radical (unpaired) electrons. The number of unbranched alkanes of at least 4 members (excludes halogenated alkanes) is 8. The molecule has 1 unspecified atom stereocenters. The molecule has 0 saturated heterocycles. The summed E-state index contributed by atoms with van der Waals surface area (Å²) in [7, 11) is 0. The van der Waals surface area contributed by atoms with Crippen molar-refractivity contribution in [2.24, 2.45) is 4.99 Å². The van der Waals surface area contributed by atoms with Gasteiger partial charge in [-0.05, 0) is 12.8 Å². The monoisotopic (exact) mass is 252 g/mol. The fourth-order valence-corrected chi connectivity index (χ4v) is 2.53. The third-order valence-electron chi connectivity index (χ3n) is 3.88. The lowest BCUT2D eigenvalue weighted by Gasteiger charge is -2.08. The number of amidine groups is 1. The molecule has 1 atom stereocenters. The van der Waals surface area contributed by atoms with Crippen LogP contribution < -0.4 is 5.32 Å². The molecule has 0 aliphatic carbocycles. The molecule has 1 N–H and O–H groups in total. The van der Waals surface area contributed by atoms with Gasteiger partial charge in [0, 0.05) is 12.5 Å². The molecular formula is C16H32N2. The van der Waals surface area contributed by atoms with Gasteiger partial charge in [-0.3, -0.25) is 4.99 Å². The van der Waals surface area contributed by atoms with E-state index in [9.17, 15) is 0 Å². The van der Waals surface area contributed by atoms with E-state index in [0.717, 1.165) is 6.54 Å². The molecule has 1 aliphatic heterocycles. The average Bonchev–Trinajstić information content (AvgIpc) is 2.85. The molecule has 0 aromatic rings. The van der Waals surface area contributed by atoms with Gasteiger partial charge in [-0.25, -0.2) is 0 Å². The lowest BCUT2D eigenvalue weighted by atomic mass is 10.1. The Morgan fingerprint density at radius 2 is 1.56 bits per heavy atom. The Morgan fingerprint density at radius 3 is 2.11 bits per heavy atom. The zero-order valence-electron chi connectivity index (χ0n) is 12.5. The van der Waals surface area contributed by atoms with Gasteiger partial charge >= 0.3 is 0 Å². The maximum atomic E-state index is 4.56. The maximum Gasteiger partial charge on any atom is 0.0966 e. The fourth-order valence-electron chi connectivity index (χ4n) is 2.53. The van der Waals surface area contributed by atoms with Gasteiger partial charge < -0.3 is 5.32 Å². The van der Waals surface area contributed by atoms with E-state index in [1.165, 1.54) is 76.5 Å². The van der Waals surface area contributed by atoms with Crippen LogP contribution in [0.25, 0.3) is 0 Å². The van der Waals surface area contributed by atoms with Crippen molar-refractivity contribution in [1.82, 2.24) is 5.32 Å². The lowest BCUT2D eigenvalue weighted by molar-refractivity contribution is 0.566. The van der Waals surface area contributed by atoms with Crippen LogP contribution in [0.4, 0.5) is 0 Å². The second-order valence-corrected chi connectivity index (χ2v) is 5.62. The summed E-state index contributed by atoms with van der Waals surface area (Å²) < 4.78 is 0. The zero-order chi connectivity index (χ0) is 13.1. The number of aliphatic imine (C=N–C) groups is 1. The average molecular weight is 252 g/mol. The van der Waals surface area contributed by atoms with E-state index in [-0.39, 0.29) is 0 Å². The smallest absolute Gasteiger partial charge is 0.0966 e. The Kier molecular flexibility index (Phi) is 8.97. The topological polar surface area (TPSA) is 24.4 Å². The predicted molar refractivity (Wildman–Crippen MR) is 81.4 cm³/mol. The van der Waals surface area contributed by atoms with E-state index >= 15 is 0 Å². The molecule has 0 saturated carbocycles. The van der Waals surface area contributed by atoms with E-state index in [1.54, 1.807) is 0 Å². The Morgan fingerprint density at radius 1 is 0.944 bits per heavy atom. The highest BCUT2D eigenvalue weighted by molar-refractivity contribution is 5.83. The third kappa shape index (κ3) is 7.03. The Bertz CT molecular complexity index is 223. The lowest BCUT2D eigenvalue weighted by Crippen LogP contribution is -2.29. The molecule has 2 heteroatoms. The SMILES string of the molecule is CCCCCCCCCCCC1=NCC(CC)N1. The van der Waals surface area contributed by atoms with Crippen LogP contribution in [0, 0.1) is 0 Å². The molecule has 2 nitrogen and oxygen atoms in total. The predicted octanol–water partition coefficient (Wildman–Crippen LogP) is 4.69. The molecular weight excluding hydrogens is 220 g/mol. The molecule has 0 fully saturated rings. The van der Waals surface area contributed by atoms with Crippen LogP contribution in [0.15, 0.2) is 4.99 Å². The molecule has 0 spiro atoms. The van der Waals surface area contributed by atoms with Gasteiger partial charge in [0.05, 0.1) is 12.4 Å². The van der Waals surface area contributed by atoms with Crippen molar-refractivity contribution in [1.29, 1.82) is 0 Å². The second kappa shape index (κ2) is 10.4. The van der Waals surface area contributed by atoms with E-state index in [4.69, 9.17) is 0 Å². The highest BCUT2D eigenvalue weighted by Gasteiger charge is 2.13. The fraction of sp³-hybridized carbons (Fsp3) is 0.938. The summed E-state index contributed by atoms with van der Waals surface area (Å²) >= 11 is 0. The standard InChI is InChI=1S/C16H32N2/c1-3-5-6-7-8-9-10-11-12-13-16-17-14-15(4-2)18-16/h15H,3-14H2,1-2H3,(H,17,18). The minimum absolute atomic E-state index is 0.624. The van der Waals surface area contributed by atoms with Crippen LogP contribution >= 0.6 is 0 Å². The van der Waals surface area contributed by atoms with Crippen molar-refractivity contribution in [3.8, 4) is 0 Å². The second-order valence-electron chi connectivity index (χ2n) is 5.62. The van der Waals surface area contributed by atoms with Gasteiger partial charge in [-0.15, -0.1) is 0 Å². The Hall–Kier alpha value is -0.530. The quantitative estimate of drug-likeness (QED) is 0.530. The number of nitrogens with one attached hydrogen (secondary N) is 1. The van der Waals surface area contributed by atoms with E-state index < -0.39 is 0 Å². The summed E-state index contributed by atoms with van der Waals surface area (Å²) in [5, 5.41) is 3.52. The number of rotatable bonds is 11. The molecule has 1 aliphatic rings. The summed E-state index contributed by atoms with van der Waals surface area (Å²) in [4.78, 5) is 4.56. The van der Waals surface area contributed by atoms with E-state index in [0.29, 0.717) is 6.04 Å². The van der Waals surface area contributed by atoms with Crippen molar-refractivity contribution in [3.05, 3.63) is 0 Å². The molecule has 1 heterocycles. The first-order chi connectivity index (χ1) is 8.86. The van der Waals surface area contributed by atoms with Gasteiger partial charge in [0.2, 0.25) is 0 Å². The van der Waals surface area contributed by atoms with Gasteiger partial charge in [0.15, 0.2) is 0 Å². The summed E-state index contributed by atoms with van der Waals surface area (Å²) in [6.45, 7) is 5.51. The van der Waals surface area contributed by atoms with Crippen LogP contribution in [0.1, 0.15) is 84.5 Å². The van der Waals surface area contributed by atoms with Crippen molar-refractivity contribution in [3.63, 3.8) is 0 Å². The minimum atomic E-state index is 0.624. The van der Waals surface area contributed by atoms with Crippen LogP contribution in [0.2, 0.25) is 0 Å². The molecule has 18 heavy (non-hydrogen) atoms. The van der Waals surface area contributed by atoms with Crippen LogP contribution in [0.3, 0.4) is 0 Å². The Labute approximate surface area is 114 Å². The summed E-state index contributed by atoms with van der Waals surface area (Å²) in [6, 6.07) is 0.624. The van der Waals surface area contributed by atoms with E-state index in [1.807, 2.05) is 0 Å². The largest absolute Gasteiger partial charge is 0.369 e. The highest BCUT2D eigenvalue weighted by Crippen LogP contribution is 2.11. The number of hydrogen-bond donors (Lipinski definition) is 1. The third-order valence-corrected chi connectivity index (χ3v) is 3.88. The molecule has 0 bridgehead atoms. The first kappa shape index (κ1) is 15.5. The highest BCUT2D eigenvalue weighted by atomic mass is 15.1. The number of nitrogens with zero attached hydrogens (tertiary/aromatic N) is 1. The van der Waals surface area contributed by atoms with Crippen molar-refractivity contribution in [2.75, 3.05) is 6.54 Å². The first-order valence-corrected chi connectivity index (χ1v) is 8.16. The van der Waals surface area contributed by atoms with Crippen molar-refractivity contribution in [2.45, 2.75) is 90.5 Å². The molecule has 1 rings (SSSR count). The molecule has 0 aromatic heterocycles. The molecule has 0 amide bonds. The van der Waals surface area contributed by atoms with Gasteiger partial charge in [-0.1, -0.05) is 65.2 Å². The zero-order valence-corrected chi connectivity index (χ0v) is 12.5. The van der Waals surface area contributed by atoms with Crippen LogP contribution in [-0.2, 0) is 0 Å². The van der Waals surface area contributed by atoms with E-state index in [2.05, 4.69) is 24.2 Å². The first-order valence-electron chi connectivity index (χ1n) is 8.16. The number of hydrogen-bond acceptors (Lipinski definition) is 2. The van der Waals surface area contributed by atoms with Crippen molar-refractivity contribution >= 4 is 5.84 Å². The van der Waals surface area contributed by atoms with Gasteiger partial charge in [0.25, 0.3) is 0 Å². The molecule has 106 valence electrons. The summed E-state index contributed by atoms with van der Waals surface area (Å²) in [5.41, 5.74) is 0. The minimum Gasteiger partial charge on any atom is -0.369 e. The molecule has 0 aromatic carbocycles. The Balaban J connectivity index is 1.82. The van der Waals surface area contributed by atoms with Gasteiger partial charge in [-0.2, -0.15) is 0 Å². The van der Waals surface area contributed by atoms with Crippen molar-refractivity contribution < 1.29 is 0 Å².